The van der Waals surface area contributed by atoms with Crippen LogP contribution in [0.1, 0.15) is 26.3 Å². The predicted octanol–water partition coefficient (Wildman–Crippen LogP) is 3.11. The number of amides is 1. The van der Waals surface area contributed by atoms with E-state index >= 15 is 0 Å². The highest BCUT2D eigenvalue weighted by molar-refractivity contribution is 5.84. The molecule has 1 N–H and O–H groups in total. The van der Waals surface area contributed by atoms with Crippen LogP contribution in [0.4, 0.5) is 4.79 Å². The van der Waals surface area contributed by atoms with Crippen molar-refractivity contribution in [2.75, 3.05) is 6.54 Å². The minimum absolute atomic E-state index is 0.242. The summed E-state index contributed by atoms with van der Waals surface area (Å²) in [5, 5.41) is 3.61. The second-order valence-electron chi connectivity index (χ2n) is 5.53. The molecule has 1 heterocycles. The number of carbonyl (C=O) groups excluding carboxylic acids is 1. The first kappa shape index (κ1) is 14.9. The van der Waals surface area contributed by atoms with Gasteiger partial charge in [-0.3, -0.25) is 4.98 Å². The minimum Gasteiger partial charge on any atom is -0.444 e. The van der Waals surface area contributed by atoms with E-state index in [-0.39, 0.29) is 6.54 Å². The standard InChI is InChI=1S/C17H18N2O2/c1-17(2,3)21-16(20)19-11-6-7-13-10-12-18-15-9-5-4-8-14(13)15/h4-5,8-10,12H,11H2,1-3H3,(H,19,20). The number of hydrogen-bond donors (Lipinski definition) is 1. The van der Waals surface area contributed by atoms with E-state index in [0.717, 1.165) is 16.5 Å². The van der Waals surface area contributed by atoms with Gasteiger partial charge in [0, 0.05) is 17.1 Å². The molecular weight excluding hydrogens is 264 g/mol. The summed E-state index contributed by atoms with van der Waals surface area (Å²) in [7, 11) is 0. The summed E-state index contributed by atoms with van der Waals surface area (Å²) >= 11 is 0. The Balaban J connectivity index is 2.01. The Bertz CT molecular complexity index is 701. The number of nitrogens with one attached hydrogen (secondary N) is 1. The van der Waals surface area contributed by atoms with Gasteiger partial charge in [0.1, 0.15) is 5.60 Å². The number of ether oxygens (including phenoxy) is 1. The summed E-state index contributed by atoms with van der Waals surface area (Å²) in [6.07, 6.45) is 1.27. The molecule has 0 aliphatic heterocycles. The van der Waals surface area contributed by atoms with E-state index in [1.165, 1.54) is 0 Å². The van der Waals surface area contributed by atoms with Gasteiger partial charge >= 0.3 is 6.09 Å². The maximum atomic E-state index is 11.5. The largest absolute Gasteiger partial charge is 0.444 e. The van der Waals surface area contributed by atoms with Crippen molar-refractivity contribution < 1.29 is 9.53 Å². The predicted molar refractivity (Wildman–Crippen MR) is 82.9 cm³/mol. The molecule has 0 aliphatic rings. The van der Waals surface area contributed by atoms with Crippen molar-refractivity contribution in [1.29, 1.82) is 0 Å². The highest BCUT2D eigenvalue weighted by Gasteiger charge is 2.14. The third-order valence-corrected chi connectivity index (χ3v) is 2.59. The monoisotopic (exact) mass is 282 g/mol. The Kier molecular flexibility index (Phi) is 4.44. The molecule has 0 fully saturated rings. The summed E-state index contributed by atoms with van der Waals surface area (Å²) in [5.41, 5.74) is 1.30. The Morgan fingerprint density at radius 1 is 1.29 bits per heavy atom. The van der Waals surface area contributed by atoms with Gasteiger partial charge < -0.3 is 10.1 Å². The van der Waals surface area contributed by atoms with E-state index < -0.39 is 11.7 Å². The summed E-state index contributed by atoms with van der Waals surface area (Å²) in [6, 6.07) is 9.68. The summed E-state index contributed by atoms with van der Waals surface area (Å²) in [4.78, 5) is 15.8. The van der Waals surface area contributed by atoms with Crippen molar-refractivity contribution in [1.82, 2.24) is 10.3 Å². The van der Waals surface area contributed by atoms with Gasteiger partial charge in [0.25, 0.3) is 0 Å². The smallest absolute Gasteiger partial charge is 0.408 e. The lowest BCUT2D eigenvalue weighted by Gasteiger charge is -2.19. The highest BCUT2D eigenvalue weighted by Crippen LogP contribution is 2.14. The number of rotatable bonds is 1. The number of fused-ring (bicyclic) bond motifs is 1. The topological polar surface area (TPSA) is 51.2 Å². The average molecular weight is 282 g/mol. The van der Waals surface area contributed by atoms with E-state index in [0.29, 0.717) is 0 Å². The first-order valence-corrected chi connectivity index (χ1v) is 6.75. The van der Waals surface area contributed by atoms with Crippen molar-refractivity contribution in [3.8, 4) is 11.8 Å². The Labute approximate surface area is 124 Å². The number of aromatic nitrogens is 1. The van der Waals surface area contributed by atoms with Crippen molar-refractivity contribution in [3.63, 3.8) is 0 Å². The second kappa shape index (κ2) is 6.27. The molecule has 4 nitrogen and oxygen atoms in total. The fourth-order valence-electron chi connectivity index (χ4n) is 1.77. The number of benzene rings is 1. The number of alkyl carbamates (subject to hydrolysis) is 1. The van der Waals surface area contributed by atoms with Gasteiger partial charge in [-0.1, -0.05) is 30.0 Å². The van der Waals surface area contributed by atoms with Crippen LogP contribution in [0, 0.1) is 11.8 Å². The summed E-state index contributed by atoms with van der Waals surface area (Å²) < 4.78 is 5.13. The van der Waals surface area contributed by atoms with Gasteiger partial charge in [0.2, 0.25) is 0 Å². The van der Waals surface area contributed by atoms with Crippen LogP contribution in [0.25, 0.3) is 10.9 Å². The van der Waals surface area contributed by atoms with E-state index in [1.54, 1.807) is 6.20 Å². The van der Waals surface area contributed by atoms with Crippen LogP contribution in [0.2, 0.25) is 0 Å². The lowest BCUT2D eigenvalue weighted by atomic mass is 10.1. The van der Waals surface area contributed by atoms with Crippen LogP contribution >= 0.6 is 0 Å². The maximum absolute atomic E-state index is 11.5. The average Bonchev–Trinajstić information content (AvgIpc) is 2.42. The molecule has 4 heteroatoms. The van der Waals surface area contributed by atoms with Crippen LogP contribution in [0.3, 0.4) is 0 Å². The van der Waals surface area contributed by atoms with Gasteiger partial charge in [-0.15, -0.1) is 0 Å². The highest BCUT2D eigenvalue weighted by atomic mass is 16.6. The molecule has 0 spiro atoms. The third-order valence-electron chi connectivity index (χ3n) is 2.59. The van der Waals surface area contributed by atoms with Gasteiger partial charge in [0.05, 0.1) is 12.1 Å². The lowest BCUT2D eigenvalue weighted by Crippen LogP contribution is -2.32. The molecule has 108 valence electrons. The fraction of sp³-hybridized carbons (Fsp3) is 0.294. The quantitative estimate of drug-likeness (QED) is 0.818. The molecule has 0 bridgehead atoms. The van der Waals surface area contributed by atoms with Crippen molar-refractivity contribution >= 4 is 17.0 Å². The number of hydrogen-bond acceptors (Lipinski definition) is 3. The van der Waals surface area contributed by atoms with Crippen LogP contribution in [-0.2, 0) is 4.74 Å². The molecule has 2 rings (SSSR count). The Hall–Kier alpha value is -2.54. The zero-order chi connectivity index (χ0) is 15.3. The zero-order valence-corrected chi connectivity index (χ0v) is 12.4. The number of para-hydroxylation sites is 1. The third kappa shape index (κ3) is 4.50. The van der Waals surface area contributed by atoms with Crippen LogP contribution < -0.4 is 5.32 Å². The molecule has 0 saturated carbocycles. The molecular formula is C17H18N2O2. The van der Waals surface area contributed by atoms with Crippen LogP contribution in [-0.4, -0.2) is 23.2 Å². The van der Waals surface area contributed by atoms with E-state index in [2.05, 4.69) is 22.1 Å². The van der Waals surface area contributed by atoms with E-state index in [4.69, 9.17) is 4.74 Å². The molecule has 0 unspecified atom stereocenters. The van der Waals surface area contributed by atoms with Gasteiger partial charge in [-0.25, -0.2) is 4.79 Å². The summed E-state index contributed by atoms with van der Waals surface area (Å²) in [5.74, 6) is 5.97. The molecule has 1 aromatic carbocycles. The first-order valence-electron chi connectivity index (χ1n) is 6.75. The molecule has 0 saturated heterocycles. The van der Waals surface area contributed by atoms with Crippen LogP contribution in [0.15, 0.2) is 36.5 Å². The van der Waals surface area contributed by atoms with Crippen molar-refractivity contribution in [3.05, 3.63) is 42.1 Å². The van der Waals surface area contributed by atoms with Crippen LogP contribution in [0.5, 0.6) is 0 Å². The molecule has 21 heavy (non-hydrogen) atoms. The maximum Gasteiger partial charge on any atom is 0.408 e. The Morgan fingerprint density at radius 2 is 2.05 bits per heavy atom. The molecule has 0 radical (unpaired) electrons. The number of pyridine rings is 1. The second-order valence-corrected chi connectivity index (χ2v) is 5.53. The van der Waals surface area contributed by atoms with Gasteiger partial charge in [-0.05, 0) is 32.9 Å². The van der Waals surface area contributed by atoms with E-state index in [9.17, 15) is 4.79 Å². The number of carbonyl (C=O) groups is 1. The normalized spacial score (nSPS) is 10.6. The lowest BCUT2D eigenvalue weighted by molar-refractivity contribution is 0.0535. The van der Waals surface area contributed by atoms with E-state index in [1.807, 2.05) is 51.1 Å². The van der Waals surface area contributed by atoms with Crippen molar-refractivity contribution in [2.24, 2.45) is 0 Å². The molecule has 0 aliphatic carbocycles. The first-order chi connectivity index (χ1) is 9.96. The SMILES string of the molecule is CC(C)(C)OC(=O)NCC#Cc1ccnc2ccccc12. The molecule has 1 amide bonds. The van der Waals surface area contributed by atoms with Crippen molar-refractivity contribution in [2.45, 2.75) is 26.4 Å². The van der Waals surface area contributed by atoms with Gasteiger partial charge in [-0.2, -0.15) is 0 Å². The molecule has 2 aromatic rings. The Morgan fingerprint density at radius 3 is 2.81 bits per heavy atom. The molecule has 1 aromatic heterocycles. The summed E-state index contributed by atoms with van der Waals surface area (Å²) in [6.45, 7) is 5.70. The number of nitrogens with zero attached hydrogens (tertiary/aromatic N) is 1. The van der Waals surface area contributed by atoms with Gasteiger partial charge in [0.15, 0.2) is 0 Å². The minimum atomic E-state index is -0.501. The zero-order valence-electron chi connectivity index (χ0n) is 12.4. The fourth-order valence-corrected chi connectivity index (χ4v) is 1.77. The molecule has 0 atom stereocenters.